The molecule has 0 radical (unpaired) electrons. The highest BCUT2D eigenvalue weighted by Crippen LogP contribution is 2.22. The first-order valence-corrected chi connectivity index (χ1v) is 7.25. The van der Waals surface area contributed by atoms with E-state index in [0.717, 1.165) is 10.8 Å². The molecule has 0 aliphatic heterocycles. The first kappa shape index (κ1) is 12.8. The van der Waals surface area contributed by atoms with Crippen LogP contribution >= 0.6 is 0 Å². The fourth-order valence-electron chi connectivity index (χ4n) is 1.67. The molecule has 0 spiro atoms. The summed E-state index contributed by atoms with van der Waals surface area (Å²) in [5, 5.41) is 4.57. The number of sulfonamides is 1. The molecule has 0 amide bonds. The van der Waals surface area contributed by atoms with Crippen LogP contribution in [0.15, 0.2) is 36.7 Å². The van der Waals surface area contributed by atoms with Gasteiger partial charge in [0.2, 0.25) is 10.0 Å². The van der Waals surface area contributed by atoms with E-state index in [1.165, 1.54) is 0 Å². The Morgan fingerprint density at radius 2 is 2.11 bits per heavy atom. The molecule has 1 aromatic carbocycles. The van der Waals surface area contributed by atoms with Gasteiger partial charge in [0.05, 0.1) is 11.4 Å². The van der Waals surface area contributed by atoms with Crippen molar-refractivity contribution in [3.05, 3.63) is 36.7 Å². The van der Waals surface area contributed by atoms with Crippen molar-refractivity contribution in [3.63, 3.8) is 0 Å². The topological polar surface area (TPSA) is 71.1 Å². The van der Waals surface area contributed by atoms with Gasteiger partial charge in [0.25, 0.3) is 0 Å². The van der Waals surface area contributed by atoms with Crippen LogP contribution in [-0.2, 0) is 10.0 Å². The number of aromatic nitrogens is 1. The van der Waals surface area contributed by atoms with E-state index in [0.29, 0.717) is 12.2 Å². The number of fused-ring (bicyclic) bond motifs is 1. The lowest BCUT2D eigenvalue weighted by molar-refractivity contribution is 0.599. The van der Waals surface area contributed by atoms with Crippen molar-refractivity contribution in [2.24, 2.45) is 0 Å². The van der Waals surface area contributed by atoms with Crippen molar-refractivity contribution in [2.75, 3.05) is 24.1 Å². The van der Waals surface area contributed by atoms with Crippen molar-refractivity contribution >= 4 is 26.5 Å². The van der Waals surface area contributed by atoms with Crippen molar-refractivity contribution in [3.8, 4) is 0 Å². The number of anilines is 1. The molecule has 96 valence electrons. The van der Waals surface area contributed by atoms with Crippen LogP contribution in [0.2, 0.25) is 0 Å². The number of pyridine rings is 1. The molecule has 2 aromatic rings. The lowest BCUT2D eigenvalue weighted by Crippen LogP contribution is -2.24. The van der Waals surface area contributed by atoms with E-state index in [9.17, 15) is 8.42 Å². The van der Waals surface area contributed by atoms with Crippen LogP contribution in [0, 0.1) is 0 Å². The lowest BCUT2D eigenvalue weighted by Gasteiger charge is -2.10. The molecule has 18 heavy (non-hydrogen) atoms. The van der Waals surface area contributed by atoms with E-state index in [4.69, 9.17) is 0 Å². The molecule has 0 fully saturated rings. The summed E-state index contributed by atoms with van der Waals surface area (Å²) in [6.45, 7) is 0.418. The molecule has 1 aromatic heterocycles. The Bertz CT molecular complexity index is 635. The van der Waals surface area contributed by atoms with E-state index in [1.807, 2.05) is 6.07 Å². The zero-order valence-electron chi connectivity index (χ0n) is 10.1. The minimum absolute atomic E-state index is 0.0466. The molecule has 2 rings (SSSR count). The van der Waals surface area contributed by atoms with Crippen molar-refractivity contribution in [1.82, 2.24) is 10.3 Å². The lowest BCUT2D eigenvalue weighted by atomic mass is 10.1. The number of nitrogens with zero attached hydrogens (tertiary/aromatic N) is 1. The summed E-state index contributed by atoms with van der Waals surface area (Å²) in [5.41, 5.74) is 0.589. The van der Waals surface area contributed by atoms with Gasteiger partial charge in [-0.1, -0.05) is 12.1 Å². The van der Waals surface area contributed by atoms with Gasteiger partial charge >= 0.3 is 0 Å². The zero-order chi connectivity index (χ0) is 13.0. The quantitative estimate of drug-likeness (QED) is 0.852. The van der Waals surface area contributed by atoms with Crippen LogP contribution in [0.3, 0.4) is 0 Å². The number of nitrogens with one attached hydrogen (secondary N) is 2. The van der Waals surface area contributed by atoms with Crippen molar-refractivity contribution in [1.29, 1.82) is 0 Å². The third-order valence-corrected chi connectivity index (χ3v) is 3.84. The van der Waals surface area contributed by atoms with Crippen LogP contribution in [0.4, 0.5) is 5.69 Å². The Labute approximate surface area is 106 Å². The number of hydrogen-bond donors (Lipinski definition) is 2. The van der Waals surface area contributed by atoms with Gasteiger partial charge in [-0.05, 0) is 19.2 Å². The predicted molar refractivity (Wildman–Crippen MR) is 73.1 cm³/mol. The number of benzene rings is 1. The average molecular weight is 265 g/mol. The van der Waals surface area contributed by atoms with Gasteiger partial charge in [-0.3, -0.25) is 9.71 Å². The maximum atomic E-state index is 11.8. The average Bonchev–Trinajstić information content (AvgIpc) is 2.37. The van der Waals surface area contributed by atoms with E-state index >= 15 is 0 Å². The Kier molecular flexibility index (Phi) is 3.78. The molecule has 0 aliphatic rings. The third-order valence-electron chi connectivity index (χ3n) is 2.57. The first-order chi connectivity index (χ1) is 8.62. The summed E-state index contributed by atoms with van der Waals surface area (Å²) >= 11 is 0. The van der Waals surface area contributed by atoms with Gasteiger partial charge in [-0.25, -0.2) is 8.42 Å². The van der Waals surface area contributed by atoms with Gasteiger partial charge in [0.15, 0.2) is 0 Å². The second-order valence-corrected chi connectivity index (χ2v) is 5.77. The van der Waals surface area contributed by atoms with Crippen molar-refractivity contribution in [2.45, 2.75) is 0 Å². The molecule has 1 heterocycles. The Morgan fingerprint density at radius 1 is 1.28 bits per heavy atom. The van der Waals surface area contributed by atoms with Crippen LogP contribution in [0.5, 0.6) is 0 Å². The van der Waals surface area contributed by atoms with E-state index < -0.39 is 10.0 Å². The highest BCUT2D eigenvalue weighted by atomic mass is 32.2. The van der Waals surface area contributed by atoms with Crippen molar-refractivity contribution < 1.29 is 8.42 Å². The second-order valence-electron chi connectivity index (χ2n) is 3.93. The fraction of sp³-hybridized carbons (Fsp3) is 0.250. The Balaban J connectivity index is 2.32. The predicted octanol–water partition coefficient (Wildman–Crippen LogP) is 1.20. The smallest absolute Gasteiger partial charge is 0.233 e. The number of rotatable bonds is 5. The zero-order valence-corrected chi connectivity index (χ0v) is 10.9. The van der Waals surface area contributed by atoms with E-state index in [2.05, 4.69) is 15.0 Å². The van der Waals surface area contributed by atoms with E-state index in [1.54, 1.807) is 37.6 Å². The van der Waals surface area contributed by atoms with Crippen LogP contribution in [0.1, 0.15) is 0 Å². The minimum Gasteiger partial charge on any atom is -0.319 e. The van der Waals surface area contributed by atoms with E-state index in [-0.39, 0.29) is 5.75 Å². The molecule has 5 nitrogen and oxygen atoms in total. The molecule has 0 bridgehead atoms. The summed E-state index contributed by atoms with van der Waals surface area (Å²) in [7, 11) is -1.60. The summed E-state index contributed by atoms with van der Waals surface area (Å²) < 4.78 is 26.3. The summed E-state index contributed by atoms with van der Waals surface area (Å²) in [4.78, 5) is 4.01. The maximum Gasteiger partial charge on any atom is 0.233 e. The molecule has 0 atom stereocenters. The van der Waals surface area contributed by atoms with Gasteiger partial charge in [0.1, 0.15) is 0 Å². The maximum absolute atomic E-state index is 11.8. The Hall–Kier alpha value is -1.66. The van der Waals surface area contributed by atoms with Crippen LogP contribution < -0.4 is 10.0 Å². The summed E-state index contributed by atoms with van der Waals surface area (Å²) in [6.07, 6.45) is 3.36. The highest BCUT2D eigenvalue weighted by Gasteiger charge is 2.11. The summed E-state index contributed by atoms with van der Waals surface area (Å²) in [5.74, 6) is 0.0466. The van der Waals surface area contributed by atoms with Gasteiger partial charge in [0, 0.05) is 29.7 Å². The minimum atomic E-state index is -3.32. The molecule has 0 aliphatic carbocycles. The molecule has 0 unspecified atom stereocenters. The standard InChI is InChI=1S/C12H15N3O2S/c1-13-7-8-18(16,17)15-12-4-2-3-10-9-14-6-5-11(10)12/h2-6,9,13,15H,7-8H2,1H3. The van der Waals surface area contributed by atoms with Gasteiger partial charge in [-0.15, -0.1) is 0 Å². The molecule has 2 N–H and O–H groups in total. The first-order valence-electron chi connectivity index (χ1n) is 5.60. The second kappa shape index (κ2) is 5.32. The molecule has 6 heteroatoms. The molecular formula is C12H15N3O2S. The fourth-order valence-corrected chi connectivity index (χ4v) is 2.75. The summed E-state index contributed by atoms with van der Waals surface area (Å²) in [6, 6.07) is 7.25. The van der Waals surface area contributed by atoms with Crippen LogP contribution in [0.25, 0.3) is 10.8 Å². The highest BCUT2D eigenvalue weighted by molar-refractivity contribution is 7.92. The van der Waals surface area contributed by atoms with Crippen LogP contribution in [-0.4, -0.2) is 32.7 Å². The largest absolute Gasteiger partial charge is 0.319 e. The molecule has 0 saturated heterocycles. The van der Waals surface area contributed by atoms with Gasteiger partial charge in [-0.2, -0.15) is 0 Å². The molecular weight excluding hydrogens is 250 g/mol. The van der Waals surface area contributed by atoms with Gasteiger partial charge < -0.3 is 5.32 Å². The monoisotopic (exact) mass is 265 g/mol. The third kappa shape index (κ3) is 2.96. The molecule has 0 saturated carbocycles. The number of hydrogen-bond acceptors (Lipinski definition) is 4. The Morgan fingerprint density at radius 3 is 2.89 bits per heavy atom. The SMILES string of the molecule is CNCCS(=O)(=O)Nc1cccc2cnccc12. The normalized spacial score (nSPS) is 11.6.